The zero-order valence-electron chi connectivity index (χ0n) is 11.2. The summed E-state index contributed by atoms with van der Waals surface area (Å²) in [6.45, 7) is 6.44. The van der Waals surface area contributed by atoms with Crippen molar-refractivity contribution in [2.75, 3.05) is 17.7 Å². The summed E-state index contributed by atoms with van der Waals surface area (Å²) in [5, 5.41) is 4.22. The molecule has 0 aliphatic heterocycles. The van der Waals surface area contributed by atoms with Gasteiger partial charge in [-0.25, -0.2) is 9.97 Å². The number of hydrogen-bond acceptors (Lipinski definition) is 7. The maximum atomic E-state index is 5.97. The first kappa shape index (κ1) is 13.5. The number of nitrogens with two attached hydrogens (primary N) is 1. The largest absolute Gasteiger partial charge is 0.476 e. The number of rotatable bonds is 5. The molecule has 0 aromatic carbocycles. The van der Waals surface area contributed by atoms with Crippen LogP contribution in [0.4, 0.5) is 11.5 Å². The number of nitrogen functional groups attached to an aromatic ring is 1. The van der Waals surface area contributed by atoms with Gasteiger partial charge in [-0.1, -0.05) is 0 Å². The number of anilines is 2. The van der Waals surface area contributed by atoms with Crippen LogP contribution in [0.25, 0.3) is 0 Å². The maximum Gasteiger partial charge on any atom is 0.242 e. The third-order valence-electron chi connectivity index (χ3n) is 2.49. The second-order valence-corrected chi connectivity index (χ2v) is 5.32. The molecule has 0 aliphatic rings. The van der Waals surface area contributed by atoms with Crippen LogP contribution in [-0.2, 0) is 0 Å². The molecule has 2 heterocycles. The number of nitrogens with zero attached hydrogens (tertiary/aromatic N) is 3. The van der Waals surface area contributed by atoms with E-state index < -0.39 is 0 Å². The van der Waals surface area contributed by atoms with Crippen molar-refractivity contribution in [1.82, 2.24) is 15.0 Å². The van der Waals surface area contributed by atoms with E-state index in [-0.39, 0.29) is 6.04 Å². The Balaban J connectivity index is 2.16. The molecule has 7 heteroatoms. The van der Waals surface area contributed by atoms with Gasteiger partial charge in [0.2, 0.25) is 5.88 Å². The van der Waals surface area contributed by atoms with E-state index in [0.29, 0.717) is 24.0 Å². The van der Waals surface area contributed by atoms with Gasteiger partial charge >= 0.3 is 0 Å². The van der Waals surface area contributed by atoms with Crippen molar-refractivity contribution >= 4 is 22.8 Å². The van der Waals surface area contributed by atoms with Crippen LogP contribution in [0.1, 0.15) is 29.8 Å². The van der Waals surface area contributed by atoms with Crippen molar-refractivity contribution in [1.29, 1.82) is 0 Å². The molecule has 0 radical (unpaired) electrons. The summed E-state index contributed by atoms with van der Waals surface area (Å²) < 4.78 is 5.34. The molecule has 0 spiro atoms. The van der Waals surface area contributed by atoms with Gasteiger partial charge in [0.1, 0.15) is 17.0 Å². The van der Waals surface area contributed by atoms with Gasteiger partial charge in [-0.2, -0.15) is 4.98 Å². The minimum atomic E-state index is 0.0328. The summed E-state index contributed by atoms with van der Waals surface area (Å²) in [4.78, 5) is 13.7. The van der Waals surface area contributed by atoms with E-state index in [1.807, 2.05) is 27.0 Å². The van der Waals surface area contributed by atoms with Crippen LogP contribution in [0.3, 0.4) is 0 Å². The fourth-order valence-electron chi connectivity index (χ4n) is 1.59. The van der Waals surface area contributed by atoms with Crippen molar-refractivity contribution in [3.63, 3.8) is 0 Å². The van der Waals surface area contributed by atoms with Crippen molar-refractivity contribution in [2.24, 2.45) is 0 Å². The molecule has 1 unspecified atom stereocenters. The van der Waals surface area contributed by atoms with Crippen LogP contribution in [0, 0.1) is 6.92 Å². The Kier molecular flexibility index (Phi) is 4.16. The molecule has 0 aliphatic carbocycles. The lowest BCUT2D eigenvalue weighted by atomic mass is 10.3. The summed E-state index contributed by atoms with van der Waals surface area (Å²) in [5.41, 5.74) is 6.39. The second kappa shape index (κ2) is 5.83. The predicted molar refractivity (Wildman–Crippen MR) is 76.5 cm³/mol. The highest BCUT2D eigenvalue weighted by Crippen LogP contribution is 2.29. The summed E-state index contributed by atoms with van der Waals surface area (Å²) in [7, 11) is 0. The number of hydrogen-bond donors (Lipinski definition) is 2. The molecule has 1 atom stereocenters. The third kappa shape index (κ3) is 3.11. The first-order chi connectivity index (χ1) is 9.11. The van der Waals surface area contributed by atoms with Gasteiger partial charge in [-0.05, 0) is 20.8 Å². The number of thiazole rings is 1. The fourth-order valence-corrected chi connectivity index (χ4v) is 2.36. The van der Waals surface area contributed by atoms with Crippen molar-refractivity contribution in [2.45, 2.75) is 26.8 Å². The number of aromatic nitrogens is 3. The summed E-state index contributed by atoms with van der Waals surface area (Å²) in [6, 6.07) is 0.0328. The minimum Gasteiger partial charge on any atom is -0.476 e. The molecule has 0 saturated carbocycles. The fraction of sp³-hybridized carbons (Fsp3) is 0.417. The Hall–Kier alpha value is -1.89. The van der Waals surface area contributed by atoms with E-state index in [2.05, 4.69) is 20.3 Å². The molecule has 2 rings (SSSR count). The number of aryl methyl sites for hydroxylation is 1. The monoisotopic (exact) mass is 279 g/mol. The van der Waals surface area contributed by atoms with Gasteiger partial charge < -0.3 is 15.8 Å². The second-order valence-electron chi connectivity index (χ2n) is 4.05. The molecule has 0 amide bonds. The van der Waals surface area contributed by atoms with Crippen molar-refractivity contribution in [3.8, 4) is 5.88 Å². The average molecular weight is 279 g/mol. The number of nitrogens with one attached hydrogen (secondary N) is 1. The van der Waals surface area contributed by atoms with Gasteiger partial charge in [-0.15, -0.1) is 11.3 Å². The normalized spacial score (nSPS) is 12.2. The van der Waals surface area contributed by atoms with Gasteiger partial charge in [0.25, 0.3) is 0 Å². The lowest BCUT2D eigenvalue weighted by Crippen LogP contribution is -2.11. The maximum absolute atomic E-state index is 5.97. The Morgan fingerprint density at radius 3 is 2.84 bits per heavy atom. The SMILES string of the molecule is CCOc1ncnc(NC(C)c2ncc(C)s2)c1N. The molecule has 0 fully saturated rings. The van der Waals surface area contributed by atoms with Crippen molar-refractivity contribution < 1.29 is 4.74 Å². The smallest absolute Gasteiger partial charge is 0.242 e. The zero-order valence-corrected chi connectivity index (χ0v) is 12.0. The van der Waals surface area contributed by atoms with Crippen LogP contribution in [0.5, 0.6) is 5.88 Å². The molecule has 2 aromatic rings. The predicted octanol–water partition coefficient (Wildman–Crippen LogP) is 2.40. The highest BCUT2D eigenvalue weighted by molar-refractivity contribution is 7.11. The van der Waals surface area contributed by atoms with E-state index in [0.717, 1.165) is 5.01 Å². The van der Waals surface area contributed by atoms with E-state index in [9.17, 15) is 0 Å². The topological polar surface area (TPSA) is 86.0 Å². The van der Waals surface area contributed by atoms with Crippen LogP contribution < -0.4 is 15.8 Å². The quantitative estimate of drug-likeness (QED) is 0.874. The van der Waals surface area contributed by atoms with Gasteiger partial charge in [-0.3, -0.25) is 0 Å². The summed E-state index contributed by atoms with van der Waals surface area (Å²) >= 11 is 1.65. The van der Waals surface area contributed by atoms with Gasteiger partial charge in [0.15, 0.2) is 5.82 Å². The molecule has 2 aromatic heterocycles. The molecule has 0 saturated heterocycles. The average Bonchev–Trinajstić information content (AvgIpc) is 2.81. The molecule has 3 N–H and O–H groups in total. The lowest BCUT2D eigenvalue weighted by Gasteiger charge is -2.14. The summed E-state index contributed by atoms with van der Waals surface area (Å²) in [5.74, 6) is 0.973. The highest BCUT2D eigenvalue weighted by atomic mass is 32.1. The van der Waals surface area contributed by atoms with Crippen LogP contribution in [-0.4, -0.2) is 21.6 Å². The molecular formula is C12H17N5OS. The van der Waals surface area contributed by atoms with E-state index >= 15 is 0 Å². The molecule has 0 bridgehead atoms. The Morgan fingerprint density at radius 2 is 2.21 bits per heavy atom. The molecular weight excluding hydrogens is 262 g/mol. The highest BCUT2D eigenvalue weighted by Gasteiger charge is 2.14. The Morgan fingerprint density at radius 1 is 1.42 bits per heavy atom. The Labute approximate surface area is 116 Å². The van der Waals surface area contributed by atoms with Crippen LogP contribution in [0.15, 0.2) is 12.5 Å². The third-order valence-corrected chi connectivity index (χ3v) is 3.59. The molecule has 102 valence electrons. The standard InChI is InChI=1S/C12H17N5OS/c1-4-18-11-9(13)10(15-6-16-11)17-8(3)12-14-5-7(2)19-12/h5-6,8H,4,13H2,1-3H3,(H,15,16,17). The first-order valence-corrected chi connectivity index (χ1v) is 6.85. The van der Waals surface area contributed by atoms with E-state index in [4.69, 9.17) is 10.5 Å². The van der Waals surface area contributed by atoms with E-state index in [1.165, 1.54) is 11.2 Å². The van der Waals surface area contributed by atoms with Crippen molar-refractivity contribution in [3.05, 3.63) is 22.4 Å². The van der Waals surface area contributed by atoms with Crippen LogP contribution >= 0.6 is 11.3 Å². The van der Waals surface area contributed by atoms with Gasteiger partial charge in [0.05, 0.1) is 12.6 Å². The summed E-state index contributed by atoms with van der Waals surface area (Å²) in [6.07, 6.45) is 3.29. The number of ether oxygens (including phenoxy) is 1. The van der Waals surface area contributed by atoms with E-state index in [1.54, 1.807) is 11.3 Å². The molecule has 19 heavy (non-hydrogen) atoms. The van der Waals surface area contributed by atoms with Gasteiger partial charge in [0, 0.05) is 11.1 Å². The first-order valence-electron chi connectivity index (χ1n) is 6.04. The lowest BCUT2D eigenvalue weighted by molar-refractivity contribution is 0.328. The molecule has 6 nitrogen and oxygen atoms in total. The zero-order chi connectivity index (χ0) is 13.8. The van der Waals surface area contributed by atoms with Crippen LogP contribution in [0.2, 0.25) is 0 Å². The Bertz CT molecular complexity index is 557. The minimum absolute atomic E-state index is 0.0328.